The summed E-state index contributed by atoms with van der Waals surface area (Å²) in [5.41, 5.74) is 0.564. The summed E-state index contributed by atoms with van der Waals surface area (Å²) in [6.45, 7) is 0. The van der Waals surface area contributed by atoms with Gasteiger partial charge in [-0.25, -0.2) is 0 Å². The summed E-state index contributed by atoms with van der Waals surface area (Å²) in [6, 6.07) is 6.97. The maximum absolute atomic E-state index is 11.9. The van der Waals surface area contributed by atoms with E-state index in [4.69, 9.17) is 11.6 Å². The number of ketones is 1. The van der Waals surface area contributed by atoms with Gasteiger partial charge < -0.3 is 5.32 Å². The van der Waals surface area contributed by atoms with Crippen LogP contribution in [0.25, 0.3) is 0 Å². The molecule has 0 radical (unpaired) electrons. The first-order valence-corrected chi connectivity index (χ1v) is 6.11. The second-order valence-electron chi connectivity index (χ2n) is 4.30. The average Bonchev–Trinajstić information content (AvgIpc) is 2.32. The minimum Gasteiger partial charge on any atom is -0.349 e. The molecule has 0 spiro atoms. The molecule has 1 N–H and O–H groups in total. The summed E-state index contributed by atoms with van der Waals surface area (Å²) in [4.78, 5) is 23.0. The fourth-order valence-corrected chi connectivity index (χ4v) is 2.17. The summed E-state index contributed by atoms with van der Waals surface area (Å²) < 4.78 is 0. The van der Waals surface area contributed by atoms with Crippen LogP contribution in [0.5, 0.6) is 0 Å². The molecule has 4 heteroatoms. The number of hydrogen-bond donors (Lipinski definition) is 1. The van der Waals surface area contributed by atoms with Crippen molar-refractivity contribution < 1.29 is 9.59 Å². The summed E-state index contributed by atoms with van der Waals surface area (Å²) in [6.07, 6.45) is 2.62. The van der Waals surface area contributed by atoms with E-state index in [2.05, 4.69) is 5.32 Å². The number of Topliss-reactive ketones (excluding diaryl/α,β-unsaturated/α-hetero) is 1. The van der Waals surface area contributed by atoms with E-state index in [0.29, 0.717) is 29.2 Å². The van der Waals surface area contributed by atoms with E-state index in [1.54, 1.807) is 24.3 Å². The summed E-state index contributed by atoms with van der Waals surface area (Å²) in [5, 5.41) is 3.49. The van der Waals surface area contributed by atoms with E-state index >= 15 is 0 Å². The molecule has 1 aromatic carbocycles. The minimum atomic E-state index is -0.119. The SMILES string of the molecule is O=C1CCC(NC(=O)c2cccc(Cl)c2)CC1. The van der Waals surface area contributed by atoms with Crippen molar-refractivity contribution in [2.45, 2.75) is 31.7 Å². The lowest BCUT2D eigenvalue weighted by molar-refractivity contribution is -0.120. The van der Waals surface area contributed by atoms with Crippen molar-refractivity contribution in [2.24, 2.45) is 0 Å². The Kier molecular flexibility index (Phi) is 3.79. The highest BCUT2D eigenvalue weighted by atomic mass is 35.5. The Labute approximate surface area is 105 Å². The number of hydrogen-bond acceptors (Lipinski definition) is 2. The Bertz CT molecular complexity index is 435. The molecule has 0 saturated heterocycles. The van der Waals surface area contributed by atoms with Gasteiger partial charge >= 0.3 is 0 Å². The van der Waals surface area contributed by atoms with Gasteiger partial charge in [0.15, 0.2) is 0 Å². The second-order valence-corrected chi connectivity index (χ2v) is 4.73. The van der Waals surface area contributed by atoms with Crippen molar-refractivity contribution in [3.05, 3.63) is 34.9 Å². The number of amides is 1. The Morgan fingerprint density at radius 2 is 2.00 bits per heavy atom. The monoisotopic (exact) mass is 251 g/mol. The molecule has 0 bridgehead atoms. The zero-order chi connectivity index (χ0) is 12.3. The molecule has 1 aromatic rings. The number of carbonyl (C=O) groups is 2. The predicted octanol–water partition coefficient (Wildman–Crippen LogP) is 2.58. The van der Waals surface area contributed by atoms with Gasteiger partial charge in [0, 0.05) is 29.5 Å². The maximum Gasteiger partial charge on any atom is 0.251 e. The predicted molar refractivity (Wildman–Crippen MR) is 66.2 cm³/mol. The van der Waals surface area contributed by atoms with Gasteiger partial charge in [0.25, 0.3) is 5.91 Å². The van der Waals surface area contributed by atoms with Crippen LogP contribution in [0.2, 0.25) is 5.02 Å². The van der Waals surface area contributed by atoms with Crippen LogP contribution in [0.3, 0.4) is 0 Å². The van der Waals surface area contributed by atoms with Crippen molar-refractivity contribution in [1.29, 1.82) is 0 Å². The molecule has 1 aliphatic carbocycles. The van der Waals surface area contributed by atoms with Gasteiger partial charge in [-0.1, -0.05) is 17.7 Å². The zero-order valence-electron chi connectivity index (χ0n) is 9.41. The van der Waals surface area contributed by atoms with Crippen molar-refractivity contribution in [2.75, 3.05) is 0 Å². The lowest BCUT2D eigenvalue weighted by atomic mass is 9.94. The molecular weight excluding hydrogens is 238 g/mol. The number of nitrogens with one attached hydrogen (secondary N) is 1. The Balaban J connectivity index is 1.95. The maximum atomic E-state index is 11.9. The summed E-state index contributed by atoms with van der Waals surface area (Å²) in [5.74, 6) is 0.171. The van der Waals surface area contributed by atoms with Crippen LogP contribution in [-0.4, -0.2) is 17.7 Å². The van der Waals surface area contributed by atoms with E-state index in [-0.39, 0.29) is 11.9 Å². The molecule has 1 saturated carbocycles. The molecule has 0 aliphatic heterocycles. The molecule has 1 amide bonds. The largest absolute Gasteiger partial charge is 0.349 e. The van der Waals surface area contributed by atoms with Crippen LogP contribution >= 0.6 is 11.6 Å². The Hall–Kier alpha value is -1.35. The van der Waals surface area contributed by atoms with Crippen LogP contribution in [-0.2, 0) is 4.79 Å². The second kappa shape index (κ2) is 5.32. The van der Waals surface area contributed by atoms with Crippen LogP contribution in [0.15, 0.2) is 24.3 Å². The molecule has 0 atom stereocenters. The summed E-state index contributed by atoms with van der Waals surface area (Å²) in [7, 11) is 0. The topological polar surface area (TPSA) is 46.2 Å². The van der Waals surface area contributed by atoms with Crippen LogP contribution in [0.1, 0.15) is 36.0 Å². The minimum absolute atomic E-state index is 0.110. The normalized spacial score (nSPS) is 16.9. The van der Waals surface area contributed by atoms with Crippen molar-refractivity contribution in [3.8, 4) is 0 Å². The lowest BCUT2D eigenvalue weighted by Crippen LogP contribution is -2.37. The molecular formula is C13H14ClNO2. The molecule has 0 aromatic heterocycles. The van der Waals surface area contributed by atoms with Crippen LogP contribution in [0.4, 0.5) is 0 Å². The molecule has 3 nitrogen and oxygen atoms in total. The third-order valence-electron chi connectivity index (χ3n) is 2.97. The molecule has 17 heavy (non-hydrogen) atoms. The fraction of sp³-hybridized carbons (Fsp3) is 0.385. The lowest BCUT2D eigenvalue weighted by Gasteiger charge is -2.22. The standard InChI is InChI=1S/C13H14ClNO2/c14-10-3-1-2-9(8-10)13(17)15-11-4-6-12(16)7-5-11/h1-3,8,11H,4-7H2,(H,15,17). The van der Waals surface area contributed by atoms with Crippen molar-refractivity contribution in [3.63, 3.8) is 0 Å². The molecule has 90 valence electrons. The number of benzene rings is 1. The van der Waals surface area contributed by atoms with E-state index in [1.807, 2.05) is 0 Å². The first-order valence-electron chi connectivity index (χ1n) is 5.73. The highest BCUT2D eigenvalue weighted by Crippen LogP contribution is 2.16. The van der Waals surface area contributed by atoms with Gasteiger partial charge in [-0.05, 0) is 31.0 Å². The molecule has 2 rings (SSSR count). The molecule has 1 aliphatic rings. The first kappa shape index (κ1) is 12.1. The fourth-order valence-electron chi connectivity index (χ4n) is 1.98. The van der Waals surface area contributed by atoms with Gasteiger partial charge in [-0.2, -0.15) is 0 Å². The number of carbonyl (C=O) groups excluding carboxylic acids is 2. The Morgan fingerprint density at radius 3 is 2.65 bits per heavy atom. The smallest absolute Gasteiger partial charge is 0.251 e. The molecule has 0 heterocycles. The van der Waals surface area contributed by atoms with Gasteiger partial charge in [0.05, 0.1) is 0 Å². The highest BCUT2D eigenvalue weighted by molar-refractivity contribution is 6.30. The summed E-state index contributed by atoms with van der Waals surface area (Å²) >= 11 is 5.83. The van der Waals surface area contributed by atoms with Crippen LogP contribution in [0, 0.1) is 0 Å². The van der Waals surface area contributed by atoms with Gasteiger partial charge in [-0.3, -0.25) is 9.59 Å². The van der Waals surface area contributed by atoms with E-state index < -0.39 is 0 Å². The van der Waals surface area contributed by atoms with Crippen LogP contribution < -0.4 is 5.32 Å². The third-order valence-corrected chi connectivity index (χ3v) is 3.20. The van der Waals surface area contributed by atoms with Gasteiger partial charge in [0.2, 0.25) is 0 Å². The van der Waals surface area contributed by atoms with Crippen molar-refractivity contribution >= 4 is 23.3 Å². The highest BCUT2D eigenvalue weighted by Gasteiger charge is 2.20. The average molecular weight is 252 g/mol. The van der Waals surface area contributed by atoms with E-state index in [9.17, 15) is 9.59 Å². The number of halogens is 1. The van der Waals surface area contributed by atoms with Crippen molar-refractivity contribution in [1.82, 2.24) is 5.32 Å². The Morgan fingerprint density at radius 1 is 1.29 bits per heavy atom. The molecule has 1 fully saturated rings. The quantitative estimate of drug-likeness (QED) is 0.878. The van der Waals surface area contributed by atoms with Gasteiger partial charge in [-0.15, -0.1) is 0 Å². The van der Waals surface area contributed by atoms with E-state index in [1.165, 1.54) is 0 Å². The third kappa shape index (κ3) is 3.30. The zero-order valence-corrected chi connectivity index (χ0v) is 10.2. The molecule has 0 unspecified atom stereocenters. The van der Waals surface area contributed by atoms with E-state index in [0.717, 1.165) is 12.8 Å². The first-order chi connectivity index (χ1) is 8.15. The van der Waals surface area contributed by atoms with Gasteiger partial charge in [0.1, 0.15) is 5.78 Å². The number of rotatable bonds is 2.